The summed E-state index contributed by atoms with van der Waals surface area (Å²) in [6.07, 6.45) is 0. The Balaban J connectivity index is 1.93. The molecule has 1 fully saturated rings. The molecule has 1 amide bonds. The number of rotatable bonds is 4. The maximum atomic E-state index is 12.0. The SMILES string of the molecule is Cc1nc(CNC(=O)C2CNCC2C)sc1C(=O)O. The molecule has 0 aliphatic carbocycles. The molecule has 7 heteroatoms. The summed E-state index contributed by atoms with van der Waals surface area (Å²) >= 11 is 1.11. The summed E-state index contributed by atoms with van der Waals surface area (Å²) in [5, 5.41) is 15.6. The second-order valence-corrected chi connectivity index (χ2v) is 5.87. The summed E-state index contributed by atoms with van der Waals surface area (Å²) in [7, 11) is 0. The van der Waals surface area contributed by atoms with Gasteiger partial charge < -0.3 is 15.7 Å². The van der Waals surface area contributed by atoms with Gasteiger partial charge in [0.25, 0.3) is 0 Å². The minimum atomic E-state index is -0.971. The maximum absolute atomic E-state index is 12.0. The Labute approximate surface area is 115 Å². The van der Waals surface area contributed by atoms with Crippen LogP contribution in [0.4, 0.5) is 0 Å². The molecule has 0 saturated carbocycles. The van der Waals surface area contributed by atoms with E-state index in [0.29, 0.717) is 29.7 Å². The molecule has 1 aliphatic heterocycles. The number of carbonyl (C=O) groups excluding carboxylic acids is 1. The molecule has 2 unspecified atom stereocenters. The molecular weight excluding hydrogens is 266 g/mol. The van der Waals surface area contributed by atoms with Gasteiger partial charge >= 0.3 is 5.97 Å². The first-order valence-corrected chi connectivity index (χ1v) is 6.98. The molecule has 0 bridgehead atoms. The Morgan fingerprint density at radius 1 is 1.53 bits per heavy atom. The summed E-state index contributed by atoms with van der Waals surface area (Å²) in [6.45, 7) is 5.55. The fourth-order valence-electron chi connectivity index (χ4n) is 2.18. The van der Waals surface area contributed by atoms with Gasteiger partial charge in [0.15, 0.2) is 0 Å². The van der Waals surface area contributed by atoms with Gasteiger partial charge in [0, 0.05) is 6.54 Å². The molecule has 0 spiro atoms. The predicted molar refractivity (Wildman–Crippen MR) is 71.2 cm³/mol. The van der Waals surface area contributed by atoms with Crippen LogP contribution in [0.15, 0.2) is 0 Å². The fraction of sp³-hybridized carbons (Fsp3) is 0.583. The van der Waals surface area contributed by atoms with Crippen molar-refractivity contribution >= 4 is 23.2 Å². The average Bonchev–Trinajstić information content (AvgIpc) is 2.92. The van der Waals surface area contributed by atoms with Gasteiger partial charge in [0.05, 0.1) is 18.2 Å². The van der Waals surface area contributed by atoms with E-state index >= 15 is 0 Å². The van der Waals surface area contributed by atoms with Crippen LogP contribution in [0.2, 0.25) is 0 Å². The van der Waals surface area contributed by atoms with E-state index in [4.69, 9.17) is 5.11 Å². The minimum Gasteiger partial charge on any atom is -0.477 e. The first-order valence-electron chi connectivity index (χ1n) is 6.17. The van der Waals surface area contributed by atoms with E-state index in [0.717, 1.165) is 17.9 Å². The number of aromatic nitrogens is 1. The van der Waals surface area contributed by atoms with E-state index in [1.807, 2.05) is 6.92 Å². The number of thiazole rings is 1. The van der Waals surface area contributed by atoms with Crippen LogP contribution in [-0.2, 0) is 11.3 Å². The zero-order valence-corrected chi connectivity index (χ0v) is 11.7. The van der Waals surface area contributed by atoms with Crippen LogP contribution in [0, 0.1) is 18.8 Å². The molecule has 2 rings (SSSR count). The molecule has 3 N–H and O–H groups in total. The third-order valence-electron chi connectivity index (χ3n) is 3.30. The molecular formula is C12H17N3O3S. The van der Waals surface area contributed by atoms with Crippen molar-refractivity contribution in [3.05, 3.63) is 15.6 Å². The Morgan fingerprint density at radius 3 is 2.79 bits per heavy atom. The Hall–Kier alpha value is -1.47. The average molecular weight is 283 g/mol. The molecule has 0 aromatic carbocycles. The van der Waals surface area contributed by atoms with Gasteiger partial charge in [0.1, 0.15) is 9.88 Å². The monoisotopic (exact) mass is 283 g/mol. The lowest BCUT2D eigenvalue weighted by Gasteiger charge is -2.13. The number of aromatic carboxylic acids is 1. The Bertz CT molecular complexity index is 500. The zero-order chi connectivity index (χ0) is 14.0. The van der Waals surface area contributed by atoms with Crippen LogP contribution in [0.1, 0.15) is 27.3 Å². The number of nitrogens with zero attached hydrogens (tertiary/aromatic N) is 1. The normalized spacial score (nSPS) is 22.4. The molecule has 1 aromatic rings. The number of carboxylic acids is 1. The highest BCUT2D eigenvalue weighted by Gasteiger charge is 2.29. The molecule has 2 atom stereocenters. The number of amides is 1. The number of aryl methyl sites for hydroxylation is 1. The number of carboxylic acid groups (broad SMARTS) is 1. The zero-order valence-electron chi connectivity index (χ0n) is 10.9. The van der Waals surface area contributed by atoms with Crippen molar-refractivity contribution in [2.24, 2.45) is 11.8 Å². The van der Waals surface area contributed by atoms with Gasteiger partial charge in [-0.15, -0.1) is 11.3 Å². The quantitative estimate of drug-likeness (QED) is 0.753. The lowest BCUT2D eigenvalue weighted by Crippen LogP contribution is -2.33. The van der Waals surface area contributed by atoms with Gasteiger partial charge in [0.2, 0.25) is 5.91 Å². The highest BCUT2D eigenvalue weighted by Crippen LogP contribution is 2.19. The highest BCUT2D eigenvalue weighted by atomic mass is 32.1. The first kappa shape index (κ1) is 14.0. The second kappa shape index (κ2) is 5.66. The number of nitrogens with one attached hydrogen (secondary N) is 2. The maximum Gasteiger partial charge on any atom is 0.347 e. The van der Waals surface area contributed by atoms with Crippen molar-refractivity contribution in [3.63, 3.8) is 0 Å². The van der Waals surface area contributed by atoms with Gasteiger partial charge in [-0.25, -0.2) is 9.78 Å². The van der Waals surface area contributed by atoms with Crippen LogP contribution in [0.5, 0.6) is 0 Å². The molecule has 1 aromatic heterocycles. The molecule has 19 heavy (non-hydrogen) atoms. The van der Waals surface area contributed by atoms with Crippen LogP contribution in [0.25, 0.3) is 0 Å². The van der Waals surface area contributed by atoms with E-state index in [2.05, 4.69) is 15.6 Å². The first-order chi connectivity index (χ1) is 8.99. The van der Waals surface area contributed by atoms with Crippen LogP contribution >= 0.6 is 11.3 Å². The lowest BCUT2D eigenvalue weighted by atomic mass is 9.97. The fourth-order valence-corrected chi connectivity index (χ4v) is 3.02. The van der Waals surface area contributed by atoms with E-state index in [1.165, 1.54) is 0 Å². The van der Waals surface area contributed by atoms with E-state index in [9.17, 15) is 9.59 Å². The van der Waals surface area contributed by atoms with E-state index < -0.39 is 5.97 Å². The van der Waals surface area contributed by atoms with Crippen molar-refractivity contribution < 1.29 is 14.7 Å². The second-order valence-electron chi connectivity index (χ2n) is 4.79. The third-order valence-corrected chi connectivity index (χ3v) is 4.45. The number of carbonyl (C=O) groups is 2. The number of hydrogen-bond acceptors (Lipinski definition) is 5. The molecule has 1 aliphatic rings. The standard InChI is InChI=1S/C12H17N3O3S/c1-6-3-13-4-8(6)11(16)14-5-9-15-7(2)10(19-9)12(17)18/h6,8,13H,3-5H2,1-2H3,(H,14,16)(H,17,18). The summed E-state index contributed by atoms with van der Waals surface area (Å²) in [4.78, 5) is 27.3. The van der Waals surface area contributed by atoms with Crippen molar-refractivity contribution in [1.29, 1.82) is 0 Å². The van der Waals surface area contributed by atoms with Crippen molar-refractivity contribution in [2.45, 2.75) is 20.4 Å². The Kier molecular flexibility index (Phi) is 4.16. The van der Waals surface area contributed by atoms with Crippen molar-refractivity contribution in [3.8, 4) is 0 Å². The van der Waals surface area contributed by atoms with Gasteiger partial charge in [-0.1, -0.05) is 6.92 Å². The Morgan fingerprint density at radius 2 is 2.26 bits per heavy atom. The van der Waals surface area contributed by atoms with Gasteiger partial charge in [-0.3, -0.25) is 4.79 Å². The van der Waals surface area contributed by atoms with E-state index in [1.54, 1.807) is 6.92 Å². The van der Waals surface area contributed by atoms with Crippen LogP contribution in [0.3, 0.4) is 0 Å². The predicted octanol–water partition coefficient (Wildman–Crippen LogP) is 0.621. The van der Waals surface area contributed by atoms with Gasteiger partial charge in [-0.05, 0) is 19.4 Å². The van der Waals surface area contributed by atoms with Crippen molar-refractivity contribution in [2.75, 3.05) is 13.1 Å². The summed E-state index contributed by atoms with van der Waals surface area (Å²) in [6, 6.07) is 0. The lowest BCUT2D eigenvalue weighted by molar-refractivity contribution is -0.125. The summed E-state index contributed by atoms with van der Waals surface area (Å²) in [5.41, 5.74) is 0.498. The van der Waals surface area contributed by atoms with Crippen LogP contribution < -0.4 is 10.6 Å². The third kappa shape index (κ3) is 3.10. The van der Waals surface area contributed by atoms with E-state index in [-0.39, 0.29) is 16.7 Å². The smallest absolute Gasteiger partial charge is 0.347 e. The molecule has 104 valence electrons. The highest BCUT2D eigenvalue weighted by molar-refractivity contribution is 7.13. The molecule has 1 saturated heterocycles. The van der Waals surface area contributed by atoms with Crippen LogP contribution in [-0.4, -0.2) is 35.1 Å². The van der Waals surface area contributed by atoms with Crippen molar-refractivity contribution in [1.82, 2.24) is 15.6 Å². The number of hydrogen-bond donors (Lipinski definition) is 3. The molecule has 6 nitrogen and oxygen atoms in total. The molecule has 2 heterocycles. The molecule has 0 radical (unpaired) electrons. The largest absolute Gasteiger partial charge is 0.477 e. The van der Waals surface area contributed by atoms with Gasteiger partial charge in [-0.2, -0.15) is 0 Å². The summed E-state index contributed by atoms with van der Waals surface area (Å²) in [5.74, 6) is -0.656. The summed E-state index contributed by atoms with van der Waals surface area (Å²) < 4.78 is 0. The minimum absolute atomic E-state index is 0.00206. The topological polar surface area (TPSA) is 91.3 Å².